The third kappa shape index (κ3) is 6.70. The fourth-order valence-corrected chi connectivity index (χ4v) is 3.20. The summed E-state index contributed by atoms with van der Waals surface area (Å²) in [5.41, 5.74) is 0.402. The van der Waals surface area contributed by atoms with E-state index in [4.69, 9.17) is 0 Å². The molecule has 0 atom stereocenters. The summed E-state index contributed by atoms with van der Waals surface area (Å²) in [6.07, 6.45) is -8.63. The van der Waals surface area contributed by atoms with Crippen LogP contribution in [0.1, 0.15) is 11.1 Å². The second-order valence-electron chi connectivity index (χ2n) is 6.82. The van der Waals surface area contributed by atoms with Crippen molar-refractivity contribution in [2.75, 3.05) is 0 Å². The van der Waals surface area contributed by atoms with Crippen molar-refractivity contribution in [2.45, 2.75) is 12.4 Å². The smallest absolute Gasteiger partial charge is 0.412 e. The van der Waals surface area contributed by atoms with Crippen LogP contribution in [0.15, 0.2) is 109 Å². The SMILES string of the molecule is FC(F)(F)c1ccccc1-c1ccccc1.FC(F)(F)c1ccccc1-c1ccccc1.O. The molecule has 0 saturated heterocycles. The molecular weight excluding hydrogens is 442 g/mol. The molecular formula is C26H20F6O. The predicted molar refractivity (Wildman–Crippen MR) is 117 cm³/mol. The summed E-state index contributed by atoms with van der Waals surface area (Å²) in [5.74, 6) is 0. The monoisotopic (exact) mass is 462 g/mol. The third-order valence-electron chi connectivity index (χ3n) is 4.63. The lowest BCUT2D eigenvalue weighted by Crippen LogP contribution is -2.06. The van der Waals surface area contributed by atoms with Crippen LogP contribution >= 0.6 is 0 Å². The molecule has 0 radical (unpaired) electrons. The Morgan fingerprint density at radius 1 is 0.364 bits per heavy atom. The van der Waals surface area contributed by atoms with Crippen molar-refractivity contribution in [3.63, 3.8) is 0 Å². The van der Waals surface area contributed by atoms with Crippen LogP contribution in [-0.2, 0) is 12.4 Å². The molecule has 1 nitrogen and oxygen atoms in total. The minimum Gasteiger partial charge on any atom is -0.412 e. The van der Waals surface area contributed by atoms with Gasteiger partial charge in [0, 0.05) is 0 Å². The highest BCUT2D eigenvalue weighted by Gasteiger charge is 2.33. The molecule has 4 aromatic carbocycles. The maximum atomic E-state index is 12.7. The highest BCUT2D eigenvalue weighted by atomic mass is 19.4. The van der Waals surface area contributed by atoms with Crippen molar-refractivity contribution in [3.05, 3.63) is 120 Å². The highest BCUT2D eigenvalue weighted by Crippen LogP contribution is 2.37. The molecule has 172 valence electrons. The molecule has 0 amide bonds. The molecule has 0 saturated carbocycles. The first-order valence-electron chi connectivity index (χ1n) is 9.61. The zero-order valence-corrected chi connectivity index (χ0v) is 17.2. The zero-order chi connectivity index (χ0) is 23.2. The molecule has 4 rings (SSSR count). The second kappa shape index (κ2) is 10.8. The van der Waals surface area contributed by atoms with Gasteiger partial charge < -0.3 is 5.48 Å². The predicted octanol–water partition coefficient (Wildman–Crippen LogP) is 7.92. The van der Waals surface area contributed by atoms with Crippen LogP contribution in [0.3, 0.4) is 0 Å². The van der Waals surface area contributed by atoms with E-state index in [9.17, 15) is 26.3 Å². The molecule has 33 heavy (non-hydrogen) atoms. The standard InChI is InChI=1S/2C13H9F3.H2O/c2*14-13(15,16)12-9-5-4-8-11(12)10-6-2-1-3-7-10;/h2*1-9H;1H2. The van der Waals surface area contributed by atoms with Gasteiger partial charge in [-0.05, 0) is 34.4 Å². The lowest BCUT2D eigenvalue weighted by atomic mass is 9.99. The van der Waals surface area contributed by atoms with Gasteiger partial charge >= 0.3 is 12.4 Å². The Labute approximate surface area is 187 Å². The Morgan fingerprint density at radius 3 is 0.939 bits per heavy atom. The van der Waals surface area contributed by atoms with E-state index in [2.05, 4.69) is 0 Å². The maximum Gasteiger partial charge on any atom is 0.417 e. The van der Waals surface area contributed by atoms with Gasteiger partial charge in [0.25, 0.3) is 0 Å². The van der Waals surface area contributed by atoms with Gasteiger partial charge in [0.15, 0.2) is 0 Å². The van der Waals surface area contributed by atoms with Gasteiger partial charge in [-0.3, -0.25) is 0 Å². The van der Waals surface area contributed by atoms with E-state index in [1.807, 2.05) is 0 Å². The lowest BCUT2D eigenvalue weighted by molar-refractivity contribution is -0.137. The van der Waals surface area contributed by atoms with E-state index in [1.54, 1.807) is 72.8 Å². The molecule has 2 N–H and O–H groups in total. The van der Waals surface area contributed by atoms with Crippen LogP contribution in [0.5, 0.6) is 0 Å². The number of hydrogen-bond acceptors (Lipinski definition) is 0. The van der Waals surface area contributed by atoms with Gasteiger partial charge in [-0.2, -0.15) is 26.3 Å². The minimum atomic E-state index is -4.31. The van der Waals surface area contributed by atoms with Crippen molar-refractivity contribution < 1.29 is 31.8 Å². The first kappa shape index (κ1) is 25.7. The Morgan fingerprint density at radius 2 is 0.636 bits per heavy atom. The summed E-state index contributed by atoms with van der Waals surface area (Å²) >= 11 is 0. The van der Waals surface area contributed by atoms with Crippen molar-refractivity contribution in [1.82, 2.24) is 0 Å². The van der Waals surface area contributed by atoms with Crippen LogP contribution in [0.2, 0.25) is 0 Å². The van der Waals surface area contributed by atoms with Gasteiger partial charge in [-0.25, -0.2) is 0 Å². The lowest BCUT2D eigenvalue weighted by Gasteiger charge is -2.12. The molecule has 0 heterocycles. The average Bonchev–Trinajstić information content (AvgIpc) is 2.80. The average molecular weight is 462 g/mol. The van der Waals surface area contributed by atoms with E-state index in [-0.39, 0.29) is 16.6 Å². The first-order valence-corrected chi connectivity index (χ1v) is 9.61. The Balaban J connectivity index is 0.000000227. The summed E-state index contributed by atoms with van der Waals surface area (Å²) < 4.78 is 76.4. The number of benzene rings is 4. The van der Waals surface area contributed by atoms with Crippen LogP contribution in [0.4, 0.5) is 26.3 Å². The van der Waals surface area contributed by atoms with Gasteiger partial charge in [-0.1, -0.05) is 97.1 Å². The van der Waals surface area contributed by atoms with Gasteiger partial charge in [-0.15, -0.1) is 0 Å². The van der Waals surface area contributed by atoms with Crippen LogP contribution in [-0.4, -0.2) is 5.48 Å². The summed E-state index contributed by atoms with van der Waals surface area (Å²) in [4.78, 5) is 0. The summed E-state index contributed by atoms with van der Waals surface area (Å²) in [6.45, 7) is 0. The normalized spacial score (nSPS) is 11.1. The molecule has 0 aliphatic rings. The summed E-state index contributed by atoms with van der Waals surface area (Å²) in [6, 6.07) is 28.3. The number of alkyl halides is 6. The molecule has 0 fully saturated rings. The second-order valence-corrected chi connectivity index (χ2v) is 6.82. The van der Waals surface area contributed by atoms with E-state index in [0.717, 1.165) is 12.1 Å². The fraction of sp³-hybridized carbons (Fsp3) is 0.0769. The minimum absolute atomic E-state index is 0. The van der Waals surface area contributed by atoms with E-state index in [1.165, 1.54) is 24.3 Å². The Kier molecular flexibility index (Phi) is 8.43. The topological polar surface area (TPSA) is 31.5 Å². The molecule has 0 unspecified atom stereocenters. The van der Waals surface area contributed by atoms with Gasteiger partial charge in [0.2, 0.25) is 0 Å². The largest absolute Gasteiger partial charge is 0.417 e. The quantitative estimate of drug-likeness (QED) is 0.271. The number of halogens is 6. The fourth-order valence-electron chi connectivity index (χ4n) is 3.20. The maximum absolute atomic E-state index is 12.7. The zero-order valence-electron chi connectivity index (χ0n) is 17.2. The molecule has 0 aliphatic carbocycles. The molecule has 0 aliphatic heterocycles. The first-order chi connectivity index (χ1) is 15.2. The Hall–Kier alpha value is -3.58. The van der Waals surface area contributed by atoms with Crippen LogP contribution in [0, 0.1) is 0 Å². The van der Waals surface area contributed by atoms with E-state index < -0.39 is 23.5 Å². The van der Waals surface area contributed by atoms with E-state index >= 15 is 0 Å². The summed E-state index contributed by atoms with van der Waals surface area (Å²) in [7, 11) is 0. The molecule has 0 aromatic heterocycles. The summed E-state index contributed by atoms with van der Waals surface area (Å²) in [5, 5.41) is 0. The molecule has 4 aromatic rings. The van der Waals surface area contributed by atoms with Crippen molar-refractivity contribution in [1.29, 1.82) is 0 Å². The molecule has 0 spiro atoms. The Bertz CT molecular complexity index is 1040. The van der Waals surface area contributed by atoms with Crippen LogP contribution in [0.25, 0.3) is 22.3 Å². The highest BCUT2D eigenvalue weighted by molar-refractivity contribution is 5.68. The van der Waals surface area contributed by atoms with Crippen molar-refractivity contribution >= 4 is 0 Å². The number of hydrogen-bond donors (Lipinski definition) is 0. The van der Waals surface area contributed by atoms with Crippen molar-refractivity contribution in [3.8, 4) is 22.3 Å². The molecule has 0 bridgehead atoms. The van der Waals surface area contributed by atoms with Gasteiger partial charge in [0.05, 0.1) is 11.1 Å². The third-order valence-corrected chi connectivity index (χ3v) is 4.63. The van der Waals surface area contributed by atoms with Crippen molar-refractivity contribution in [2.24, 2.45) is 0 Å². The van der Waals surface area contributed by atoms with Gasteiger partial charge in [0.1, 0.15) is 0 Å². The number of rotatable bonds is 2. The van der Waals surface area contributed by atoms with Crippen LogP contribution < -0.4 is 0 Å². The van der Waals surface area contributed by atoms with E-state index in [0.29, 0.717) is 11.1 Å². The molecule has 7 heteroatoms.